The molecular formula is C26H56O2. The van der Waals surface area contributed by atoms with Crippen molar-refractivity contribution in [2.24, 2.45) is 17.3 Å². The van der Waals surface area contributed by atoms with Crippen LogP contribution in [-0.4, -0.2) is 22.4 Å². The molecule has 0 aliphatic carbocycles. The van der Waals surface area contributed by atoms with Crippen LogP contribution in [0.2, 0.25) is 0 Å². The summed E-state index contributed by atoms with van der Waals surface area (Å²) in [5.41, 5.74) is 0.0153. The highest BCUT2D eigenvalue weighted by molar-refractivity contribution is 4.97. The number of aliphatic hydroxyl groups excluding tert-OH is 2. The van der Waals surface area contributed by atoms with E-state index in [-0.39, 0.29) is 32.5 Å². The normalized spacial score (nSPS) is 13.9. The summed E-state index contributed by atoms with van der Waals surface area (Å²) in [4.78, 5) is 0. The van der Waals surface area contributed by atoms with Crippen molar-refractivity contribution in [2.45, 2.75) is 127 Å². The molecule has 2 nitrogen and oxygen atoms in total. The van der Waals surface area contributed by atoms with Gasteiger partial charge in [0.25, 0.3) is 0 Å². The van der Waals surface area contributed by atoms with Crippen LogP contribution in [0, 0.1) is 17.3 Å². The van der Waals surface area contributed by atoms with Crippen molar-refractivity contribution in [1.29, 1.82) is 0 Å². The molecule has 0 aromatic heterocycles. The summed E-state index contributed by atoms with van der Waals surface area (Å²) < 4.78 is 0. The van der Waals surface area contributed by atoms with Gasteiger partial charge >= 0.3 is 0 Å². The number of allylic oxidation sites excluding steroid dienone is 2. The van der Waals surface area contributed by atoms with Crippen LogP contribution in [0.3, 0.4) is 0 Å². The first-order valence-electron chi connectivity index (χ1n) is 10.8. The summed E-state index contributed by atoms with van der Waals surface area (Å²) in [6, 6.07) is 0. The zero-order valence-corrected chi connectivity index (χ0v) is 19.0. The van der Waals surface area contributed by atoms with E-state index in [0.717, 1.165) is 19.3 Å². The fourth-order valence-electron chi connectivity index (χ4n) is 2.42. The Balaban J connectivity index is -0.000000194. The summed E-state index contributed by atoms with van der Waals surface area (Å²) in [5, 5.41) is 19.4. The molecule has 0 amide bonds. The molecule has 0 saturated carbocycles. The first kappa shape index (κ1) is 34.9. The Hall–Kier alpha value is -0.600. The van der Waals surface area contributed by atoms with Crippen LogP contribution in [0.25, 0.3) is 0 Å². The third-order valence-electron chi connectivity index (χ3n) is 4.48. The molecular weight excluding hydrogens is 344 g/mol. The molecule has 0 aliphatic rings. The molecule has 2 unspecified atom stereocenters. The Labute approximate surface area is 179 Å². The first-order chi connectivity index (χ1) is 12.1. The van der Waals surface area contributed by atoms with Crippen LogP contribution in [0.4, 0.5) is 0 Å². The van der Waals surface area contributed by atoms with Crippen LogP contribution in [0.1, 0.15) is 115 Å². The van der Waals surface area contributed by atoms with E-state index < -0.39 is 0 Å². The molecule has 0 bridgehead atoms. The highest BCUT2D eigenvalue weighted by atomic mass is 16.3. The predicted molar refractivity (Wildman–Crippen MR) is 131 cm³/mol. The smallest absolute Gasteiger partial charge is 0.0771 e. The second-order valence-corrected chi connectivity index (χ2v) is 8.86. The predicted octanol–water partition coefficient (Wildman–Crippen LogP) is 8.19. The van der Waals surface area contributed by atoms with Gasteiger partial charge in [0, 0.05) is 0 Å². The van der Waals surface area contributed by atoms with E-state index in [0.29, 0.717) is 11.8 Å². The van der Waals surface area contributed by atoms with Crippen molar-refractivity contribution in [2.75, 3.05) is 0 Å². The lowest BCUT2D eigenvalue weighted by Crippen LogP contribution is -2.27. The number of hydrogen-bond acceptors (Lipinski definition) is 2. The summed E-state index contributed by atoms with van der Waals surface area (Å²) in [7, 11) is 0. The molecule has 0 radical (unpaired) electrons. The van der Waals surface area contributed by atoms with E-state index in [1.807, 2.05) is 12.2 Å². The lowest BCUT2D eigenvalue weighted by atomic mass is 9.81. The largest absolute Gasteiger partial charge is 0.389 e. The molecule has 0 aliphatic heterocycles. The monoisotopic (exact) mass is 400 g/mol. The van der Waals surface area contributed by atoms with Crippen molar-refractivity contribution >= 4 is 0 Å². The third-order valence-corrected chi connectivity index (χ3v) is 4.48. The van der Waals surface area contributed by atoms with Gasteiger partial charge in [-0.25, -0.2) is 0 Å². The van der Waals surface area contributed by atoms with Gasteiger partial charge in [-0.2, -0.15) is 0 Å². The average molecular weight is 401 g/mol. The van der Waals surface area contributed by atoms with Crippen LogP contribution in [0.5, 0.6) is 0 Å². The number of unbranched alkanes of at least 4 members (excludes halogenated alkanes) is 3. The van der Waals surface area contributed by atoms with Gasteiger partial charge in [0.15, 0.2) is 0 Å². The maximum Gasteiger partial charge on any atom is 0.0771 e. The summed E-state index contributed by atoms with van der Waals surface area (Å²) >= 11 is 0. The van der Waals surface area contributed by atoms with Gasteiger partial charge in [0.1, 0.15) is 0 Å². The molecule has 0 rings (SSSR count). The quantitative estimate of drug-likeness (QED) is 0.256. The van der Waals surface area contributed by atoms with Crippen molar-refractivity contribution in [3.63, 3.8) is 0 Å². The second kappa shape index (κ2) is 21.1. The van der Waals surface area contributed by atoms with E-state index in [1.165, 1.54) is 25.7 Å². The van der Waals surface area contributed by atoms with Crippen molar-refractivity contribution in [3.8, 4) is 0 Å². The fourth-order valence-corrected chi connectivity index (χ4v) is 2.42. The minimum absolute atomic E-state index is 0. The van der Waals surface area contributed by atoms with Gasteiger partial charge in [-0.3, -0.25) is 0 Å². The van der Waals surface area contributed by atoms with Crippen LogP contribution < -0.4 is 0 Å². The Morgan fingerprint density at radius 2 is 1.18 bits per heavy atom. The van der Waals surface area contributed by atoms with E-state index in [4.69, 9.17) is 0 Å². The lowest BCUT2D eigenvalue weighted by molar-refractivity contribution is 0.0812. The van der Waals surface area contributed by atoms with Crippen LogP contribution >= 0.6 is 0 Å². The number of aliphatic hydroxyl groups is 2. The molecule has 2 N–H and O–H groups in total. The molecule has 2 heteroatoms. The standard InChI is InChI=1S/C13H26O.C11H22O.2CH4/c1-6-7-10-13(4,5)12(14)9-8-11(2)3;1-4-5-6-7-11(12)9-8-10(2)3;;/h8-9,11-12,14H,6-7,10H2,1-5H3;8-12H,4-7H2,1-3H3;2*1H4/b2*9-8+;;. The fraction of sp³-hybridized carbons (Fsp3) is 0.846. The Morgan fingerprint density at radius 1 is 0.714 bits per heavy atom. The van der Waals surface area contributed by atoms with Crippen molar-refractivity contribution in [3.05, 3.63) is 24.3 Å². The maximum absolute atomic E-state index is 9.97. The highest BCUT2D eigenvalue weighted by Gasteiger charge is 2.24. The average Bonchev–Trinajstić information content (AvgIpc) is 2.56. The lowest BCUT2D eigenvalue weighted by Gasteiger charge is -2.28. The zero-order valence-electron chi connectivity index (χ0n) is 19.0. The van der Waals surface area contributed by atoms with Crippen molar-refractivity contribution < 1.29 is 10.2 Å². The molecule has 2 atom stereocenters. The minimum Gasteiger partial charge on any atom is -0.389 e. The van der Waals surface area contributed by atoms with E-state index in [9.17, 15) is 10.2 Å². The van der Waals surface area contributed by atoms with Crippen LogP contribution in [0.15, 0.2) is 24.3 Å². The van der Waals surface area contributed by atoms with Gasteiger partial charge in [-0.15, -0.1) is 0 Å². The number of rotatable bonds is 12. The zero-order chi connectivity index (χ0) is 20.6. The SMILES string of the molecule is C.C.CCCCC(C)(C)C(O)/C=C/C(C)C.CCCCCC(O)/C=C/C(C)C. The summed E-state index contributed by atoms with van der Waals surface area (Å²) in [6.07, 6.45) is 15.5. The third kappa shape index (κ3) is 23.4. The Bertz CT molecular complexity index is 353. The minimum atomic E-state index is -0.309. The van der Waals surface area contributed by atoms with Gasteiger partial charge in [0.2, 0.25) is 0 Å². The van der Waals surface area contributed by atoms with Gasteiger partial charge in [-0.05, 0) is 30.1 Å². The molecule has 0 aromatic carbocycles. The Kier molecular flexibility index (Phi) is 26.3. The first-order valence-corrected chi connectivity index (χ1v) is 10.8. The highest BCUT2D eigenvalue weighted by Crippen LogP contribution is 2.28. The molecule has 0 heterocycles. The van der Waals surface area contributed by atoms with Crippen LogP contribution in [-0.2, 0) is 0 Å². The van der Waals surface area contributed by atoms with Gasteiger partial charge in [0.05, 0.1) is 12.2 Å². The maximum atomic E-state index is 9.97. The molecule has 0 aromatic rings. The van der Waals surface area contributed by atoms with Crippen molar-refractivity contribution in [1.82, 2.24) is 0 Å². The molecule has 28 heavy (non-hydrogen) atoms. The summed E-state index contributed by atoms with van der Waals surface area (Å²) in [5.74, 6) is 1.07. The molecule has 0 saturated heterocycles. The molecule has 0 spiro atoms. The Morgan fingerprint density at radius 3 is 1.61 bits per heavy atom. The molecule has 0 fully saturated rings. The van der Waals surface area contributed by atoms with Gasteiger partial charge in [-0.1, -0.05) is 127 Å². The van der Waals surface area contributed by atoms with Gasteiger partial charge < -0.3 is 10.2 Å². The second-order valence-electron chi connectivity index (χ2n) is 8.86. The van der Waals surface area contributed by atoms with E-state index in [1.54, 1.807) is 0 Å². The molecule has 172 valence electrons. The van der Waals surface area contributed by atoms with E-state index in [2.05, 4.69) is 67.5 Å². The number of hydrogen-bond donors (Lipinski definition) is 2. The topological polar surface area (TPSA) is 40.5 Å². The van der Waals surface area contributed by atoms with E-state index >= 15 is 0 Å². The summed E-state index contributed by atoms with van der Waals surface area (Å²) in [6.45, 7) is 17.1.